The zero-order valence-electron chi connectivity index (χ0n) is 25.9. The molecule has 1 atom stereocenters. The number of nitrogen functional groups attached to an aromatic ring is 1. The Bertz CT molecular complexity index is 1940. The van der Waals surface area contributed by atoms with Crippen molar-refractivity contribution < 1.29 is 33.8 Å². The number of unbranched alkanes of at least 4 members (excludes halogenated alkanes) is 1. The summed E-state index contributed by atoms with van der Waals surface area (Å²) in [4.78, 5) is 64.0. The van der Waals surface area contributed by atoms with Gasteiger partial charge in [-0.3, -0.25) is 34.2 Å². The van der Waals surface area contributed by atoms with E-state index in [0.29, 0.717) is 48.6 Å². The predicted octanol–water partition coefficient (Wildman–Crippen LogP) is 2.33. The van der Waals surface area contributed by atoms with E-state index in [9.17, 15) is 29.1 Å². The number of para-hydroxylation sites is 1. The molecule has 5 N–H and O–H groups in total. The van der Waals surface area contributed by atoms with Crippen molar-refractivity contribution in [2.24, 2.45) is 10.8 Å². The Labute approximate surface area is 275 Å². The number of hydrogen-bond acceptors (Lipinski definition) is 10. The number of phenolic OH excluding ortho intramolecular Hbond substituents is 1. The molecule has 244 valence electrons. The fourth-order valence-corrected chi connectivity index (χ4v) is 7.29. The summed E-state index contributed by atoms with van der Waals surface area (Å²) in [7, 11) is 0. The zero-order valence-corrected chi connectivity index (χ0v) is 25.9. The van der Waals surface area contributed by atoms with E-state index in [1.54, 1.807) is 42.5 Å². The minimum atomic E-state index is -1.04. The van der Waals surface area contributed by atoms with Gasteiger partial charge in [0, 0.05) is 42.0 Å². The number of anilines is 1. The molecule has 3 heterocycles. The number of rotatable bonds is 9. The van der Waals surface area contributed by atoms with Crippen molar-refractivity contribution in [3.8, 4) is 34.6 Å². The van der Waals surface area contributed by atoms with Crippen molar-refractivity contribution in [3.63, 3.8) is 0 Å². The first-order valence-electron chi connectivity index (χ1n) is 15.8. The molecule has 48 heavy (non-hydrogen) atoms. The molecule has 8 rings (SSSR count). The summed E-state index contributed by atoms with van der Waals surface area (Å²) >= 11 is 0. The van der Waals surface area contributed by atoms with Crippen molar-refractivity contribution in [3.05, 3.63) is 65.2 Å². The molecule has 3 aliphatic carbocycles. The summed E-state index contributed by atoms with van der Waals surface area (Å²) in [6, 6.07) is 12.3. The fourth-order valence-electron chi connectivity index (χ4n) is 7.29. The molecule has 5 aliphatic rings. The van der Waals surface area contributed by atoms with E-state index < -0.39 is 29.7 Å². The van der Waals surface area contributed by atoms with Crippen LogP contribution in [-0.4, -0.2) is 68.9 Å². The first-order chi connectivity index (χ1) is 23.1. The van der Waals surface area contributed by atoms with Gasteiger partial charge in [0.05, 0.1) is 23.1 Å². The van der Waals surface area contributed by atoms with Gasteiger partial charge >= 0.3 is 0 Å². The molecule has 13 nitrogen and oxygen atoms in total. The Kier molecular flexibility index (Phi) is 7.58. The smallest absolute Gasteiger partial charge is 0.263 e. The van der Waals surface area contributed by atoms with Gasteiger partial charge in [0.1, 0.15) is 17.5 Å². The van der Waals surface area contributed by atoms with Gasteiger partial charge in [-0.25, -0.2) is 0 Å². The average molecular weight is 649 g/mol. The lowest BCUT2D eigenvalue weighted by Crippen LogP contribution is -2.69. The fraction of sp³-hybridized carbons (Fsp3) is 0.343. The normalized spacial score (nSPS) is 23.7. The summed E-state index contributed by atoms with van der Waals surface area (Å²) < 4.78 is 6.03. The van der Waals surface area contributed by atoms with Gasteiger partial charge in [0.2, 0.25) is 17.7 Å². The molecular weight excluding hydrogens is 616 g/mol. The number of phenols is 1. The highest BCUT2D eigenvalue weighted by Crippen LogP contribution is 2.73. The minimum absolute atomic E-state index is 0.0165. The molecule has 0 spiro atoms. The number of amides is 5. The number of aromatic nitrogens is 2. The van der Waals surface area contributed by atoms with Gasteiger partial charge < -0.3 is 20.9 Å². The molecule has 0 radical (unpaired) electrons. The van der Waals surface area contributed by atoms with Crippen LogP contribution in [0.1, 0.15) is 71.2 Å². The second kappa shape index (κ2) is 11.8. The van der Waals surface area contributed by atoms with Crippen LogP contribution < -0.4 is 21.1 Å². The lowest BCUT2D eigenvalue weighted by molar-refractivity contribution is -0.217. The summed E-state index contributed by atoms with van der Waals surface area (Å²) in [5.74, 6) is 4.38. The van der Waals surface area contributed by atoms with Crippen LogP contribution in [0.2, 0.25) is 0 Å². The maximum atomic E-state index is 13.2. The molecule has 4 fully saturated rings. The second-order valence-corrected chi connectivity index (χ2v) is 12.9. The molecule has 1 unspecified atom stereocenters. The largest absolute Gasteiger partial charge is 0.507 e. The summed E-state index contributed by atoms with van der Waals surface area (Å²) in [5, 5.41) is 23.4. The lowest BCUT2D eigenvalue weighted by Gasteiger charge is -2.68. The highest BCUT2D eigenvalue weighted by atomic mass is 16.5. The van der Waals surface area contributed by atoms with Gasteiger partial charge in [0.15, 0.2) is 11.6 Å². The number of nitrogens with zero attached hydrogens (tertiary/aromatic N) is 3. The van der Waals surface area contributed by atoms with Gasteiger partial charge in [-0.1, -0.05) is 30.0 Å². The highest BCUT2D eigenvalue weighted by molar-refractivity contribution is 6.24. The van der Waals surface area contributed by atoms with Gasteiger partial charge in [-0.2, -0.15) is 0 Å². The number of carbonyl (C=O) groups excluding carboxylic acids is 5. The van der Waals surface area contributed by atoms with Crippen molar-refractivity contribution >= 4 is 35.4 Å². The summed E-state index contributed by atoms with van der Waals surface area (Å²) in [6.07, 6.45) is 3.35. The Balaban J connectivity index is 0.876. The Morgan fingerprint density at radius 3 is 2.60 bits per heavy atom. The van der Waals surface area contributed by atoms with E-state index in [0.717, 1.165) is 24.2 Å². The number of imide groups is 2. The topological polar surface area (TPSA) is 194 Å². The third-order valence-corrected chi connectivity index (χ3v) is 9.58. The van der Waals surface area contributed by atoms with E-state index in [1.807, 2.05) is 0 Å². The number of nitrogens with one attached hydrogen (secondary N) is 2. The Morgan fingerprint density at radius 1 is 1.06 bits per heavy atom. The number of nitrogens with two attached hydrogens (primary N) is 1. The maximum absolute atomic E-state index is 13.2. The predicted molar refractivity (Wildman–Crippen MR) is 170 cm³/mol. The number of ether oxygens (including phenoxy) is 1. The number of carbonyl (C=O) groups is 5. The monoisotopic (exact) mass is 648 g/mol. The molecule has 2 aromatic carbocycles. The summed E-state index contributed by atoms with van der Waals surface area (Å²) in [6.45, 7) is 0.844. The van der Waals surface area contributed by atoms with Crippen molar-refractivity contribution in [1.29, 1.82) is 0 Å². The Morgan fingerprint density at radius 2 is 1.83 bits per heavy atom. The minimum Gasteiger partial charge on any atom is -0.507 e. The van der Waals surface area contributed by atoms with Crippen molar-refractivity contribution in [1.82, 2.24) is 25.7 Å². The maximum Gasteiger partial charge on any atom is 0.263 e. The molecule has 1 aromatic heterocycles. The average Bonchev–Trinajstić information content (AvgIpc) is 3.28. The van der Waals surface area contributed by atoms with Crippen LogP contribution in [0.3, 0.4) is 0 Å². The van der Waals surface area contributed by atoms with Crippen molar-refractivity contribution in [2.75, 3.05) is 18.9 Å². The lowest BCUT2D eigenvalue weighted by atomic mass is 9.35. The zero-order chi connectivity index (χ0) is 33.6. The molecule has 3 saturated carbocycles. The van der Waals surface area contributed by atoms with Gasteiger partial charge in [0.25, 0.3) is 11.8 Å². The van der Waals surface area contributed by atoms with E-state index in [2.05, 4.69) is 32.7 Å². The molecule has 2 bridgehead atoms. The number of fused-ring (bicyclic) bond motifs is 1. The number of piperidine rings is 1. The third-order valence-electron chi connectivity index (χ3n) is 9.58. The first-order valence-corrected chi connectivity index (χ1v) is 15.8. The Hall–Kier alpha value is -5.77. The summed E-state index contributed by atoms with van der Waals surface area (Å²) in [5.41, 5.74) is 7.23. The van der Waals surface area contributed by atoms with Gasteiger partial charge in [-0.15, -0.1) is 10.2 Å². The number of benzene rings is 2. The number of hydrogen-bond donors (Lipinski definition) is 4. The molecular formula is C35H32N6O7. The van der Waals surface area contributed by atoms with Gasteiger partial charge in [-0.05, 0) is 56.4 Å². The first kappa shape index (κ1) is 30.9. The van der Waals surface area contributed by atoms with Crippen molar-refractivity contribution in [2.45, 2.75) is 51.0 Å². The van der Waals surface area contributed by atoms with E-state index in [-0.39, 0.29) is 52.3 Å². The quantitative estimate of drug-likeness (QED) is 0.152. The standard InChI is InChI=1S/C35H32N6O7/c36-29-26(15-23(39-40-29)21-9-3-4-11-25(21)42)48-19-34-16-35(17-34,18-34)33(47)37-14-5-1-2-7-20-8-6-10-22-28(20)32(46)41(31(22)45)24-12-13-27(43)38-30(24)44/h3-4,6,8-11,15,24,42H,1,5,12-14,16-19H2,(H2,36,40)(H,37,47)(H,38,43,44). The molecule has 3 aromatic rings. The van der Waals surface area contributed by atoms with E-state index in [4.69, 9.17) is 10.5 Å². The molecule has 5 amide bonds. The van der Waals surface area contributed by atoms with Crippen LogP contribution in [0.25, 0.3) is 11.3 Å². The highest BCUT2D eigenvalue weighted by Gasteiger charge is 2.71. The second-order valence-electron chi connectivity index (χ2n) is 12.9. The van der Waals surface area contributed by atoms with Crippen LogP contribution in [0.15, 0.2) is 48.5 Å². The van der Waals surface area contributed by atoms with E-state index in [1.165, 1.54) is 6.07 Å². The molecule has 2 aliphatic heterocycles. The van der Waals surface area contributed by atoms with Crippen LogP contribution in [0.4, 0.5) is 5.82 Å². The van der Waals surface area contributed by atoms with Crippen LogP contribution in [-0.2, 0) is 14.4 Å². The van der Waals surface area contributed by atoms with Crippen LogP contribution in [0.5, 0.6) is 11.5 Å². The van der Waals surface area contributed by atoms with Crippen LogP contribution >= 0.6 is 0 Å². The van der Waals surface area contributed by atoms with E-state index >= 15 is 0 Å². The van der Waals surface area contributed by atoms with Crippen LogP contribution in [0, 0.1) is 22.7 Å². The number of aromatic hydroxyl groups is 1. The SMILES string of the molecule is Nc1nnc(-c2ccccc2O)cc1OCC12CC(C(=O)NCCCC#Cc3cccc4c3C(=O)N(C3CCC(=O)NC3=O)C4=O)(C1)C2. The molecule has 13 heteroatoms. The molecule has 1 saturated heterocycles. The third kappa shape index (κ3) is 5.29.